The highest BCUT2D eigenvalue weighted by molar-refractivity contribution is 5.30. The number of nitrogens with zero attached hydrogens (tertiary/aromatic N) is 1. The molecular weight excluding hydrogens is 242 g/mol. The van der Waals surface area contributed by atoms with Crippen LogP contribution in [0.3, 0.4) is 0 Å². The molecule has 0 saturated carbocycles. The standard InChI is InChI=1S/C15H17NO3/c1-18-12-4-2-3-10(7-12)8-15-16-13-9-11(17)5-6-14(13)19-15/h2-4,7,11,17H,5-6,8-9H2,1H3. The molecule has 0 bridgehead atoms. The topological polar surface area (TPSA) is 55.5 Å². The highest BCUT2D eigenvalue weighted by Gasteiger charge is 2.22. The molecule has 0 spiro atoms. The molecule has 4 nitrogen and oxygen atoms in total. The average molecular weight is 259 g/mol. The quantitative estimate of drug-likeness (QED) is 0.917. The van der Waals surface area contributed by atoms with Gasteiger partial charge in [0.2, 0.25) is 0 Å². The number of aromatic nitrogens is 1. The number of hydrogen-bond acceptors (Lipinski definition) is 4. The van der Waals surface area contributed by atoms with Crippen molar-refractivity contribution < 1.29 is 14.3 Å². The number of benzene rings is 1. The molecule has 1 atom stereocenters. The fraction of sp³-hybridized carbons (Fsp3) is 0.400. The molecule has 1 unspecified atom stereocenters. The molecular formula is C15H17NO3. The summed E-state index contributed by atoms with van der Waals surface area (Å²) < 4.78 is 11.0. The van der Waals surface area contributed by atoms with Crippen LogP contribution in [0.5, 0.6) is 5.75 Å². The molecule has 1 N–H and O–H groups in total. The molecule has 3 rings (SSSR count). The molecule has 100 valence electrons. The number of rotatable bonds is 3. The summed E-state index contributed by atoms with van der Waals surface area (Å²) in [6, 6.07) is 7.89. The van der Waals surface area contributed by atoms with E-state index in [0.717, 1.165) is 35.6 Å². The van der Waals surface area contributed by atoms with Crippen LogP contribution >= 0.6 is 0 Å². The zero-order valence-electron chi connectivity index (χ0n) is 10.9. The highest BCUT2D eigenvalue weighted by atomic mass is 16.5. The lowest BCUT2D eigenvalue weighted by Crippen LogP contribution is -2.17. The molecule has 1 aliphatic rings. The Morgan fingerprint density at radius 1 is 1.47 bits per heavy atom. The lowest BCUT2D eigenvalue weighted by Gasteiger charge is -2.13. The van der Waals surface area contributed by atoms with E-state index in [0.29, 0.717) is 18.7 Å². The Balaban J connectivity index is 1.80. The minimum atomic E-state index is -0.276. The number of aliphatic hydroxyl groups excluding tert-OH is 1. The summed E-state index contributed by atoms with van der Waals surface area (Å²) >= 11 is 0. The number of methoxy groups -OCH3 is 1. The lowest BCUT2D eigenvalue weighted by atomic mass is 9.99. The minimum absolute atomic E-state index is 0.276. The molecule has 2 aromatic rings. The second-order valence-electron chi connectivity index (χ2n) is 4.90. The molecule has 4 heteroatoms. The number of aryl methyl sites for hydroxylation is 1. The van der Waals surface area contributed by atoms with Gasteiger partial charge in [-0.3, -0.25) is 0 Å². The Labute approximate surface area is 112 Å². The first-order chi connectivity index (χ1) is 9.24. The third kappa shape index (κ3) is 2.63. The largest absolute Gasteiger partial charge is 0.497 e. The van der Waals surface area contributed by atoms with Crippen LogP contribution in [0.1, 0.15) is 29.3 Å². The Hall–Kier alpha value is -1.81. The van der Waals surface area contributed by atoms with E-state index in [1.54, 1.807) is 7.11 Å². The SMILES string of the molecule is COc1cccc(Cc2nc3c(o2)CCC(O)C3)c1. The van der Waals surface area contributed by atoms with Crippen LogP contribution in [0.4, 0.5) is 0 Å². The fourth-order valence-electron chi connectivity index (χ4n) is 2.45. The van der Waals surface area contributed by atoms with E-state index < -0.39 is 0 Å². The molecule has 19 heavy (non-hydrogen) atoms. The number of fused-ring (bicyclic) bond motifs is 1. The summed E-state index contributed by atoms with van der Waals surface area (Å²) in [5.74, 6) is 2.49. The molecule has 0 fully saturated rings. The Kier molecular flexibility index (Phi) is 3.25. The van der Waals surface area contributed by atoms with Crippen molar-refractivity contribution in [2.45, 2.75) is 31.8 Å². The molecule has 1 aromatic heterocycles. The van der Waals surface area contributed by atoms with Gasteiger partial charge in [-0.15, -0.1) is 0 Å². The van der Waals surface area contributed by atoms with Crippen molar-refractivity contribution in [3.05, 3.63) is 47.2 Å². The smallest absolute Gasteiger partial charge is 0.199 e. The van der Waals surface area contributed by atoms with Crippen LogP contribution < -0.4 is 4.74 Å². The van der Waals surface area contributed by atoms with E-state index in [4.69, 9.17) is 9.15 Å². The zero-order chi connectivity index (χ0) is 13.2. The fourth-order valence-corrected chi connectivity index (χ4v) is 2.45. The van der Waals surface area contributed by atoms with Gasteiger partial charge in [0.15, 0.2) is 5.89 Å². The second-order valence-corrected chi connectivity index (χ2v) is 4.90. The Morgan fingerprint density at radius 3 is 3.21 bits per heavy atom. The van der Waals surface area contributed by atoms with Gasteiger partial charge in [-0.05, 0) is 24.1 Å². The van der Waals surface area contributed by atoms with Crippen LogP contribution in [-0.4, -0.2) is 23.3 Å². The summed E-state index contributed by atoms with van der Waals surface area (Å²) in [7, 11) is 1.66. The molecule has 0 saturated heterocycles. The summed E-state index contributed by atoms with van der Waals surface area (Å²) in [5.41, 5.74) is 2.02. The molecule has 1 aliphatic carbocycles. The number of ether oxygens (including phenoxy) is 1. The molecule has 0 radical (unpaired) electrons. The van der Waals surface area contributed by atoms with Crippen molar-refractivity contribution in [1.82, 2.24) is 4.98 Å². The van der Waals surface area contributed by atoms with Crippen molar-refractivity contribution in [3.8, 4) is 5.75 Å². The van der Waals surface area contributed by atoms with Gasteiger partial charge in [0.05, 0.1) is 18.9 Å². The third-order valence-corrected chi connectivity index (χ3v) is 3.45. The van der Waals surface area contributed by atoms with E-state index in [2.05, 4.69) is 4.98 Å². The zero-order valence-corrected chi connectivity index (χ0v) is 10.9. The first kappa shape index (κ1) is 12.2. The van der Waals surface area contributed by atoms with Crippen LogP contribution in [0.15, 0.2) is 28.7 Å². The van der Waals surface area contributed by atoms with Gasteiger partial charge in [0.25, 0.3) is 0 Å². The Morgan fingerprint density at radius 2 is 2.37 bits per heavy atom. The van der Waals surface area contributed by atoms with Crippen molar-refractivity contribution >= 4 is 0 Å². The van der Waals surface area contributed by atoms with Crippen molar-refractivity contribution in [3.63, 3.8) is 0 Å². The minimum Gasteiger partial charge on any atom is -0.497 e. The maximum absolute atomic E-state index is 9.63. The predicted molar refractivity (Wildman–Crippen MR) is 70.3 cm³/mol. The van der Waals surface area contributed by atoms with E-state index in [1.807, 2.05) is 24.3 Å². The molecule has 0 amide bonds. The Bertz CT molecular complexity index is 577. The van der Waals surface area contributed by atoms with E-state index in [-0.39, 0.29) is 6.10 Å². The maximum atomic E-state index is 9.63. The average Bonchev–Trinajstić information content (AvgIpc) is 2.80. The first-order valence-corrected chi connectivity index (χ1v) is 6.53. The van der Waals surface area contributed by atoms with Crippen LogP contribution in [0.2, 0.25) is 0 Å². The summed E-state index contributed by atoms with van der Waals surface area (Å²) in [5, 5.41) is 9.63. The van der Waals surface area contributed by atoms with Gasteiger partial charge in [-0.2, -0.15) is 0 Å². The number of aliphatic hydroxyl groups is 1. The van der Waals surface area contributed by atoms with Gasteiger partial charge in [0, 0.05) is 19.3 Å². The number of oxazole rings is 1. The van der Waals surface area contributed by atoms with Crippen molar-refractivity contribution in [2.75, 3.05) is 7.11 Å². The molecule has 1 aromatic carbocycles. The monoisotopic (exact) mass is 259 g/mol. The molecule has 0 aliphatic heterocycles. The summed E-state index contributed by atoms with van der Waals surface area (Å²) in [6.45, 7) is 0. The number of hydrogen-bond donors (Lipinski definition) is 1. The van der Waals surface area contributed by atoms with Crippen molar-refractivity contribution in [2.24, 2.45) is 0 Å². The summed E-state index contributed by atoms with van der Waals surface area (Å²) in [6.07, 6.45) is 2.53. The van der Waals surface area contributed by atoms with Crippen LogP contribution in [0.25, 0.3) is 0 Å². The van der Waals surface area contributed by atoms with Gasteiger partial charge in [-0.1, -0.05) is 12.1 Å². The van der Waals surface area contributed by atoms with Gasteiger partial charge >= 0.3 is 0 Å². The van der Waals surface area contributed by atoms with E-state index in [1.165, 1.54) is 0 Å². The maximum Gasteiger partial charge on any atom is 0.199 e. The third-order valence-electron chi connectivity index (χ3n) is 3.45. The normalized spacial score (nSPS) is 18.1. The predicted octanol–water partition coefficient (Wildman–Crippen LogP) is 2.12. The lowest BCUT2D eigenvalue weighted by molar-refractivity contribution is 0.153. The molecule has 1 heterocycles. The first-order valence-electron chi connectivity index (χ1n) is 6.53. The van der Waals surface area contributed by atoms with Gasteiger partial charge in [-0.25, -0.2) is 4.98 Å². The van der Waals surface area contributed by atoms with E-state index in [9.17, 15) is 5.11 Å². The summed E-state index contributed by atoms with van der Waals surface area (Å²) in [4.78, 5) is 4.48. The van der Waals surface area contributed by atoms with Gasteiger partial charge in [0.1, 0.15) is 11.5 Å². The van der Waals surface area contributed by atoms with Crippen LogP contribution in [-0.2, 0) is 19.3 Å². The second kappa shape index (κ2) is 5.05. The highest BCUT2D eigenvalue weighted by Crippen LogP contribution is 2.24. The van der Waals surface area contributed by atoms with Crippen LogP contribution in [0, 0.1) is 0 Å². The van der Waals surface area contributed by atoms with Crippen molar-refractivity contribution in [1.29, 1.82) is 0 Å². The van der Waals surface area contributed by atoms with E-state index >= 15 is 0 Å². The van der Waals surface area contributed by atoms with Gasteiger partial charge < -0.3 is 14.3 Å².